The summed E-state index contributed by atoms with van der Waals surface area (Å²) in [6.07, 6.45) is 1.46. The van der Waals surface area contributed by atoms with Gasteiger partial charge in [0.05, 0.1) is 6.26 Å². The Balaban J connectivity index is 2.86. The van der Waals surface area contributed by atoms with Crippen LogP contribution in [0.25, 0.3) is 0 Å². The van der Waals surface area contributed by atoms with Gasteiger partial charge in [0.25, 0.3) is 0 Å². The summed E-state index contributed by atoms with van der Waals surface area (Å²) in [5.41, 5.74) is 0. The molecule has 12 heavy (non-hydrogen) atoms. The van der Waals surface area contributed by atoms with E-state index < -0.39 is 10.0 Å². The zero-order chi connectivity index (χ0) is 9.03. The van der Waals surface area contributed by atoms with E-state index in [2.05, 4.69) is 4.36 Å². The van der Waals surface area contributed by atoms with Crippen molar-refractivity contribution in [3.63, 3.8) is 0 Å². The van der Waals surface area contributed by atoms with E-state index in [0.717, 1.165) is 0 Å². The molecule has 0 heterocycles. The number of benzene rings is 1. The molecule has 0 bridgehead atoms. The van der Waals surface area contributed by atoms with Gasteiger partial charge in [0.1, 0.15) is 5.75 Å². The SMILES string of the molecule is CN=S(C)(=O)Oc1ccccc1. The second-order valence-corrected chi connectivity index (χ2v) is 4.31. The van der Waals surface area contributed by atoms with Crippen molar-refractivity contribution in [3.8, 4) is 5.75 Å². The first-order chi connectivity index (χ1) is 5.64. The van der Waals surface area contributed by atoms with E-state index >= 15 is 0 Å². The molecule has 0 fully saturated rings. The number of para-hydroxylation sites is 1. The maximum Gasteiger partial charge on any atom is 0.202 e. The molecular formula is C8H11NO2S. The first kappa shape index (κ1) is 9.06. The molecule has 1 unspecified atom stereocenters. The summed E-state index contributed by atoms with van der Waals surface area (Å²) in [5, 5.41) is 0. The zero-order valence-corrected chi connectivity index (χ0v) is 7.88. The molecule has 3 nitrogen and oxygen atoms in total. The molecule has 0 saturated heterocycles. The Bertz CT molecular complexity index is 353. The zero-order valence-electron chi connectivity index (χ0n) is 7.06. The molecule has 1 rings (SSSR count). The van der Waals surface area contributed by atoms with Crippen molar-refractivity contribution >= 4 is 10.0 Å². The first-order valence-corrected chi connectivity index (χ1v) is 5.33. The fourth-order valence-electron chi connectivity index (χ4n) is 0.692. The molecule has 0 radical (unpaired) electrons. The number of hydrogen-bond acceptors (Lipinski definition) is 3. The van der Waals surface area contributed by atoms with Crippen LogP contribution in [-0.4, -0.2) is 17.5 Å². The average Bonchev–Trinajstić information content (AvgIpc) is 2.06. The third-order valence-corrected chi connectivity index (χ3v) is 2.49. The van der Waals surface area contributed by atoms with Gasteiger partial charge in [-0.25, -0.2) is 8.57 Å². The van der Waals surface area contributed by atoms with Crippen molar-refractivity contribution in [3.05, 3.63) is 30.3 Å². The molecule has 1 atom stereocenters. The molecule has 1 aromatic rings. The van der Waals surface area contributed by atoms with Crippen LogP contribution in [0.15, 0.2) is 34.7 Å². The largest absolute Gasteiger partial charge is 0.396 e. The van der Waals surface area contributed by atoms with Gasteiger partial charge in [0.2, 0.25) is 10.0 Å². The lowest BCUT2D eigenvalue weighted by atomic mass is 10.3. The van der Waals surface area contributed by atoms with Crippen LogP contribution in [0.5, 0.6) is 5.75 Å². The minimum atomic E-state index is -2.50. The highest BCUT2D eigenvalue weighted by molar-refractivity contribution is 7.88. The van der Waals surface area contributed by atoms with Crippen LogP contribution in [0.3, 0.4) is 0 Å². The van der Waals surface area contributed by atoms with E-state index in [4.69, 9.17) is 4.18 Å². The maximum atomic E-state index is 11.3. The van der Waals surface area contributed by atoms with Crippen LogP contribution in [-0.2, 0) is 10.0 Å². The van der Waals surface area contributed by atoms with Crippen molar-refractivity contribution in [1.29, 1.82) is 0 Å². The Labute approximate surface area is 72.8 Å². The molecule has 0 saturated carbocycles. The lowest BCUT2D eigenvalue weighted by molar-refractivity contribution is 0.556. The molecular weight excluding hydrogens is 174 g/mol. The minimum Gasteiger partial charge on any atom is -0.396 e. The van der Waals surface area contributed by atoms with E-state index in [-0.39, 0.29) is 0 Å². The second kappa shape index (κ2) is 3.58. The predicted octanol–water partition coefficient (Wildman–Crippen LogP) is 1.71. The molecule has 0 aromatic heterocycles. The Kier molecular flexibility index (Phi) is 2.70. The molecule has 4 heteroatoms. The molecule has 0 aliphatic heterocycles. The number of nitrogens with zero attached hydrogens (tertiary/aromatic N) is 1. The molecule has 0 spiro atoms. The molecule has 66 valence electrons. The predicted molar refractivity (Wildman–Crippen MR) is 49.5 cm³/mol. The smallest absolute Gasteiger partial charge is 0.202 e. The quantitative estimate of drug-likeness (QED) is 0.703. The highest BCUT2D eigenvalue weighted by Gasteiger charge is 1.99. The van der Waals surface area contributed by atoms with Gasteiger partial charge < -0.3 is 4.18 Å². The first-order valence-electron chi connectivity index (χ1n) is 3.49. The third-order valence-electron chi connectivity index (χ3n) is 1.33. The summed E-state index contributed by atoms with van der Waals surface area (Å²) in [7, 11) is -1.02. The second-order valence-electron chi connectivity index (χ2n) is 2.31. The van der Waals surface area contributed by atoms with Crippen molar-refractivity contribution < 1.29 is 8.39 Å². The summed E-state index contributed by atoms with van der Waals surface area (Å²) in [5.74, 6) is 0.579. The Morgan fingerprint density at radius 2 is 1.92 bits per heavy atom. The lowest BCUT2D eigenvalue weighted by Gasteiger charge is -2.04. The topological polar surface area (TPSA) is 38.7 Å². The summed E-state index contributed by atoms with van der Waals surface area (Å²) in [4.78, 5) is 0. The van der Waals surface area contributed by atoms with Gasteiger partial charge in [-0.3, -0.25) is 0 Å². The van der Waals surface area contributed by atoms with Gasteiger partial charge in [-0.05, 0) is 12.1 Å². The summed E-state index contributed by atoms with van der Waals surface area (Å²) in [6, 6.07) is 9.00. The van der Waals surface area contributed by atoms with Gasteiger partial charge >= 0.3 is 0 Å². The normalized spacial score (nSPS) is 14.8. The number of rotatable bonds is 2. The van der Waals surface area contributed by atoms with Crippen molar-refractivity contribution in [2.24, 2.45) is 4.36 Å². The third kappa shape index (κ3) is 2.54. The van der Waals surface area contributed by atoms with Crippen molar-refractivity contribution in [2.75, 3.05) is 13.3 Å². The van der Waals surface area contributed by atoms with Gasteiger partial charge in [-0.1, -0.05) is 18.2 Å². The van der Waals surface area contributed by atoms with E-state index in [1.165, 1.54) is 13.3 Å². The Morgan fingerprint density at radius 3 is 2.42 bits per heavy atom. The minimum absolute atomic E-state index is 0.579. The molecule has 0 N–H and O–H groups in total. The maximum absolute atomic E-state index is 11.3. The standard InChI is InChI=1S/C8H11NO2S/c1-9-12(2,10)11-8-6-4-3-5-7-8/h3-7H,1-2H3. The summed E-state index contributed by atoms with van der Waals surface area (Å²) < 4.78 is 20.1. The highest BCUT2D eigenvalue weighted by atomic mass is 32.2. The van der Waals surface area contributed by atoms with Crippen LogP contribution in [0.1, 0.15) is 0 Å². The molecule has 0 amide bonds. The molecule has 0 aliphatic carbocycles. The number of hydrogen-bond donors (Lipinski definition) is 0. The molecule has 0 aliphatic rings. The van der Waals surface area contributed by atoms with Crippen LogP contribution < -0.4 is 4.18 Å². The van der Waals surface area contributed by atoms with E-state index in [9.17, 15) is 4.21 Å². The van der Waals surface area contributed by atoms with Crippen LogP contribution in [0, 0.1) is 0 Å². The van der Waals surface area contributed by atoms with Crippen molar-refractivity contribution in [1.82, 2.24) is 0 Å². The van der Waals surface area contributed by atoms with Gasteiger partial charge in [-0.15, -0.1) is 0 Å². The van der Waals surface area contributed by atoms with Crippen LogP contribution in [0.4, 0.5) is 0 Å². The summed E-state index contributed by atoms with van der Waals surface area (Å²) >= 11 is 0. The Morgan fingerprint density at radius 1 is 1.33 bits per heavy atom. The van der Waals surface area contributed by atoms with E-state index in [1.54, 1.807) is 12.1 Å². The molecule has 1 aromatic carbocycles. The fourth-order valence-corrected chi connectivity index (χ4v) is 1.23. The van der Waals surface area contributed by atoms with Crippen LogP contribution >= 0.6 is 0 Å². The van der Waals surface area contributed by atoms with E-state index in [0.29, 0.717) is 5.75 Å². The average molecular weight is 185 g/mol. The summed E-state index contributed by atoms with van der Waals surface area (Å²) in [6.45, 7) is 0. The Hall–Kier alpha value is -1.03. The van der Waals surface area contributed by atoms with Gasteiger partial charge in [0.15, 0.2) is 0 Å². The van der Waals surface area contributed by atoms with Crippen molar-refractivity contribution in [2.45, 2.75) is 0 Å². The monoisotopic (exact) mass is 185 g/mol. The lowest BCUT2D eigenvalue weighted by Crippen LogP contribution is -2.05. The van der Waals surface area contributed by atoms with Gasteiger partial charge in [-0.2, -0.15) is 0 Å². The van der Waals surface area contributed by atoms with E-state index in [1.807, 2.05) is 18.2 Å². The van der Waals surface area contributed by atoms with Gasteiger partial charge in [0, 0.05) is 7.05 Å². The fraction of sp³-hybridized carbons (Fsp3) is 0.250. The highest BCUT2D eigenvalue weighted by Crippen LogP contribution is 2.11. The van der Waals surface area contributed by atoms with Crippen LogP contribution in [0.2, 0.25) is 0 Å².